The first-order valence-corrected chi connectivity index (χ1v) is 6.67. The Morgan fingerprint density at radius 1 is 1.40 bits per heavy atom. The van der Waals surface area contributed by atoms with Crippen molar-refractivity contribution in [1.29, 1.82) is 0 Å². The second-order valence-corrected chi connectivity index (χ2v) is 4.85. The number of ether oxygens (including phenoxy) is 1. The van der Waals surface area contributed by atoms with Gasteiger partial charge in [-0.1, -0.05) is 11.6 Å². The van der Waals surface area contributed by atoms with Crippen molar-refractivity contribution in [3.63, 3.8) is 0 Å². The van der Waals surface area contributed by atoms with E-state index in [1.54, 1.807) is 7.11 Å². The molecule has 0 saturated carbocycles. The molecule has 1 aromatic heterocycles. The molecule has 0 radical (unpaired) electrons. The van der Waals surface area contributed by atoms with Gasteiger partial charge in [0.2, 0.25) is 0 Å². The summed E-state index contributed by atoms with van der Waals surface area (Å²) in [5, 5.41) is 0. The van der Waals surface area contributed by atoms with Gasteiger partial charge in [-0.25, -0.2) is 0 Å². The van der Waals surface area contributed by atoms with Gasteiger partial charge in [0, 0.05) is 24.7 Å². The van der Waals surface area contributed by atoms with Crippen LogP contribution < -0.4 is 16.0 Å². The normalized spacial score (nSPS) is 10.6. The Morgan fingerprint density at radius 3 is 2.80 bits per heavy atom. The number of rotatable bonds is 4. The molecule has 6 heteroatoms. The molecule has 20 heavy (non-hydrogen) atoms. The molecule has 0 aliphatic heterocycles. The number of aromatic amines is 1. The number of methoxy groups -OCH3 is 1. The molecule has 1 aromatic carbocycles. The summed E-state index contributed by atoms with van der Waals surface area (Å²) in [5.74, 6) is 0.696. The van der Waals surface area contributed by atoms with Crippen molar-refractivity contribution in [3.8, 4) is 17.0 Å². The van der Waals surface area contributed by atoms with Gasteiger partial charge < -0.3 is 15.0 Å². The molecule has 1 heterocycles. The van der Waals surface area contributed by atoms with Crippen LogP contribution in [0.25, 0.3) is 11.3 Å². The maximum absolute atomic E-state index is 11.7. The number of nitrogens with zero attached hydrogens (tertiary/aromatic N) is 1. The van der Waals surface area contributed by atoms with Crippen LogP contribution in [0.4, 0.5) is 0 Å². The van der Waals surface area contributed by atoms with Crippen LogP contribution in [0.3, 0.4) is 0 Å². The summed E-state index contributed by atoms with van der Waals surface area (Å²) >= 11 is 5.22. The Kier molecular flexibility index (Phi) is 4.36. The molecule has 0 aliphatic carbocycles. The van der Waals surface area contributed by atoms with Gasteiger partial charge in [0.25, 0.3) is 5.56 Å². The Morgan fingerprint density at radius 2 is 2.15 bits per heavy atom. The van der Waals surface area contributed by atoms with Crippen molar-refractivity contribution in [2.45, 2.75) is 13.5 Å². The predicted molar refractivity (Wildman–Crippen MR) is 81.7 cm³/mol. The lowest BCUT2D eigenvalue weighted by molar-refractivity contribution is 0.416. The lowest BCUT2D eigenvalue weighted by Gasteiger charge is -2.15. The molecule has 0 atom stereocenters. The maximum atomic E-state index is 11.7. The van der Waals surface area contributed by atoms with E-state index in [0.29, 0.717) is 29.3 Å². The molecule has 0 spiro atoms. The molecule has 0 bridgehead atoms. The van der Waals surface area contributed by atoms with Crippen LogP contribution in [-0.2, 0) is 6.54 Å². The Bertz CT molecular complexity index is 734. The van der Waals surface area contributed by atoms with Crippen LogP contribution in [0.1, 0.15) is 5.56 Å². The first-order valence-electron chi connectivity index (χ1n) is 6.26. The first-order chi connectivity index (χ1) is 9.56. The van der Waals surface area contributed by atoms with Crippen molar-refractivity contribution in [3.05, 3.63) is 45.0 Å². The third-order valence-electron chi connectivity index (χ3n) is 3.02. The van der Waals surface area contributed by atoms with Gasteiger partial charge in [0.1, 0.15) is 5.75 Å². The van der Waals surface area contributed by atoms with E-state index in [4.69, 9.17) is 22.7 Å². The highest BCUT2D eigenvalue weighted by molar-refractivity contribution is 7.71. The summed E-state index contributed by atoms with van der Waals surface area (Å²) in [5.41, 5.74) is 8.01. The van der Waals surface area contributed by atoms with Crippen LogP contribution in [-0.4, -0.2) is 23.2 Å². The highest BCUT2D eigenvalue weighted by Gasteiger charge is 2.11. The minimum atomic E-state index is -0.234. The average molecular weight is 291 g/mol. The largest absolute Gasteiger partial charge is 0.496 e. The molecule has 3 N–H and O–H groups in total. The van der Waals surface area contributed by atoms with Gasteiger partial charge in [-0.2, -0.15) is 0 Å². The van der Waals surface area contributed by atoms with E-state index in [2.05, 4.69) is 4.98 Å². The summed E-state index contributed by atoms with van der Waals surface area (Å²) in [6.07, 6.45) is 0. The molecule has 0 aliphatic rings. The zero-order valence-electron chi connectivity index (χ0n) is 11.5. The summed E-state index contributed by atoms with van der Waals surface area (Å²) < 4.78 is 7.55. The zero-order chi connectivity index (χ0) is 14.7. The number of nitrogens with two attached hydrogens (primary N) is 1. The van der Waals surface area contributed by atoms with Crippen molar-refractivity contribution < 1.29 is 4.74 Å². The van der Waals surface area contributed by atoms with Gasteiger partial charge in [0.05, 0.1) is 12.8 Å². The maximum Gasteiger partial charge on any atom is 0.252 e. The molecule has 0 unspecified atom stereocenters. The molecular weight excluding hydrogens is 274 g/mol. The third-order valence-corrected chi connectivity index (χ3v) is 3.34. The fraction of sp³-hybridized carbons (Fsp3) is 0.286. The van der Waals surface area contributed by atoms with Crippen LogP contribution in [0.15, 0.2) is 29.1 Å². The number of hydrogen-bond acceptors (Lipinski definition) is 4. The van der Waals surface area contributed by atoms with E-state index in [9.17, 15) is 4.79 Å². The average Bonchev–Trinajstić information content (AvgIpc) is 2.41. The summed E-state index contributed by atoms with van der Waals surface area (Å²) in [4.78, 5) is 14.3. The smallest absolute Gasteiger partial charge is 0.252 e. The van der Waals surface area contributed by atoms with Crippen molar-refractivity contribution in [1.82, 2.24) is 9.55 Å². The zero-order valence-corrected chi connectivity index (χ0v) is 12.3. The van der Waals surface area contributed by atoms with E-state index >= 15 is 0 Å². The number of H-pyrrole nitrogens is 1. The van der Waals surface area contributed by atoms with E-state index < -0.39 is 0 Å². The number of aromatic nitrogens is 2. The molecule has 2 aromatic rings. The topological polar surface area (TPSA) is 73.0 Å². The van der Waals surface area contributed by atoms with E-state index in [1.807, 2.05) is 29.7 Å². The van der Waals surface area contributed by atoms with E-state index in [1.165, 1.54) is 6.07 Å². The molecule has 106 valence electrons. The second-order valence-electron chi connectivity index (χ2n) is 4.47. The summed E-state index contributed by atoms with van der Waals surface area (Å²) in [6, 6.07) is 7.32. The summed E-state index contributed by atoms with van der Waals surface area (Å²) in [7, 11) is 1.60. The molecule has 0 fully saturated rings. The molecule has 2 rings (SSSR count). The number of hydrogen-bond donors (Lipinski definition) is 2. The molecular formula is C14H17N3O2S. The Balaban J connectivity index is 2.77. The number of aryl methyl sites for hydroxylation is 1. The van der Waals surface area contributed by atoms with Gasteiger partial charge in [-0.3, -0.25) is 9.78 Å². The SMILES string of the molecule is COc1ccc(C)cc1-c1cc(=O)[nH]c(=S)n1CCN. The predicted octanol–water partition coefficient (Wildman–Crippen LogP) is 1.85. The lowest BCUT2D eigenvalue weighted by Crippen LogP contribution is -2.19. The van der Waals surface area contributed by atoms with Gasteiger partial charge in [0.15, 0.2) is 4.77 Å². The highest BCUT2D eigenvalue weighted by atomic mass is 32.1. The first kappa shape index (κ1) is 14.5. The van der Waals surface area contributed by atoms with E-state index in [0.717, 1.165) is 11.1 Å². The second kappa shape index (κ2) is 6.02. The Hall–Kier alpha value is -1.92. The summed E-state index contributed by atoms with van der Waals surface area (Å²) in [6.45, 7) is 2.95. The van der Waals surface area contributed by atoms with Gasteiger partial charge >= 0.3 is 0 Å². The molecule has 0 amide bonds. The minimum absolute atomic E-state index is 0.234. The number of nitrogens with one attached hydrogen (secondary N) is 1. The van der Waals surface area contributed by atoms with Gasteiger partial charge in [-0.05, 0) is 31.3 Å². The van der Waals surface area contributed by atoms with Crippen molar-refractivity contribution in [2.24, 2.45) is 5.73 Å². The highest BCUT2D eigenvalue weighted by Crippen LogP contribution is 2.30. The quantitative estimate of drug-likeness (QED) is 0.843. The van der Waals surface area contributed by atoms with Crippen LogP contribution >= 0.6 is 12.2 Å². The molecule has 0 saturated heterocycles. The number of benzene rings is 1. The van der Waals surface area contributed by atoms with Crippen LogP contribution in [0.5, 0.6) is 5.75 Å². The fourth-order valence-electron chi connectivity index (χ4n) is 2.12. The lowest BCUT2D eigenvalue weighted by atomic mass is 10.1. The minimum Gasteiger partial charge on any atom is -0.496 e. The van der Waals surface area contributed by atoms with Gasteiger partial charge in [-0.15, -0.1) is 0 Å². The van der Waals surface area contributed by atoms with Crippen LogP contribution in [0, 0.1) is 11.7 Å². The van der Waals surface area contributed by atoms with Crippen LogP contribution in [0.2, 0.25) is 0 Å². The fourth-order valence-corrected chi connectivity index (χ4v) is 2.41. The third kappa shape index (κ3) is 2.81. The molecule has 5 nitrogen and oxygen atoms in total. The Labute approximate surface area is 122 Å². The van der Waals surface area contributed by atoms with Crippen molar-refractivity contribution in [2.75, 3.05) is 13.7 Å². The van der Waals surface area contributed by atoms with E-state index in [-0.39, 0.29) is 5.56 Å². The van der Waals surface area contributed by atoms with Crippen molar-refractivity contribution >= 4 is 12.2 Å². The monoisotopic (exact) mass is 291 g/mol. The standard InChI is InChI=1S/C14H17N3O2S/c1-9-3-4-12(19-2)10(7-9)11-8-13(18)16-14(20)17(11)6-5-15/h3-4,7-8H,5-6,15H2,1-2H3,(H,16,18,20).